The molecule has 1 aliphatic rings. The van der Waals surface area contributed by atoms with Crippen LogP contribution in [-0.4, -0.2) is 24.0 Å². The number of amides is 1. The van der Waals surface area contributed by atoms with Crippen molar-refractivity contribution in [3.8, 4) is 0 Å². The zero-order valence-electron chi connectivity index (χ0n) is 14.8. The minimum Gasteiger partial charge on any atom is -0.451 e. The van der Waals surface area contributed by atoms with E-state index in [1.807, 2.05) is 42.6 Å². The summed E-state index contributed by atoms with van der Waals surface area (Å²) >= 11 is 0. The number of carbonyl (C=O) groups excluding carboxylic acids is 1. The van der Waals surface area contributed by atoms with Crippen molar-refractivity contribution in [1.29, 1.82) is 0 Å². The summed E-state index contributed by atoms with van der Waals surface area (Å²) in [6.07, 6.45) is 6.93. The van der Waals surface area contributed by atoms with Gasteiger partial charge in [-0.05, 0) is 36.6 Å². The molecule has 3 heterocycles. The number of hydrogen-bond acceptors (Lipinski definition) is 4. The summed E-state index contributed by atoms with van der Waals surface area (Å²) in [6.45, 7) is 2.59. The second-order valence-corrected chi connectivity index (χ2v) is 6.76. The van der Waals surface area contributed by atoms with Gasteiger partial charge in [0.1, 0.15) is 11.4 Å². The van der Waals surface area contributed by atoms with Crippen molar-refractivity contribution >= 4 is 22.7 Å². The normalized spacial score (nSPS) is 15.0. The van der Waals surface area contributed by atoms with E-state index in [9.17, 15) is 4.79 Å². The fraction of sp³-hybridized carbons (Fsp3) is 0.333. The highest BCUT2D eigenvalue weighted by atomic mass is 16.3. The van der Waals surface area contributed by atoms with Gasteiger partial charge in [-0.2, -0.15) is 0 Å². The standard InChI is InChI=1S/C21H23N3O2/c25-21(19-13-17-7-3-4-8-18(17)26-19)23-15-16-9-10-20(22-14-16)24-11-5-1-2-6-12-24/h3-4,7-10,13-14H,1-2,5-6,11-12,15H2,(H,23,25). The topological polar surface area (TPSA) is 58.4 Å². The summed E-state index contributed by atoms with van der Waals surface area (Å²) in [7, 11) is 0. The number of furan rings is 1. The average molecular weight is 349 g/mol. The van der Waals surface area contributed by atoms with Crippen molar-refractivity contribution in [2.75, 3.05) is 18.0 Å². The lowest BCUT2D eigenvalue weighted by molar-refractivity contribution is 0.0925. The highest BCUT2D eigenvalue weighted by Gasteiger charge is 2.13. The molecule has 5 heteroatoms. The molecule has 0 bridgehead atoms. The number of pyridine rings is 1. The first kappa shape index (κ1) is 16.6. The van der Waals surface area contributed by atoms with Crippen molar-refractivity contribution in [3.63, 3.8) is 0 Å². The van der Waals surface area contributed by atoms with Gasteiger partial charge in [0.15, 0.2) is 5.76 Å². The van der Waals surface area contributed by atoms with Crippen molar-refractivity contribution in [2.24, 2.45) is 0 Å². The van der Waals surface area contributed by atoms with Crippen molar-refractivity contribution in [3.05, 3.63) is 60.0 Å². The summed E-state index contributed by atoms with van der Waals surface area (Å²) in [5, 5.41) is 3.83. The van der Waals surface area contributed by atoms with Crippen LogP contribution < -0.4 is 10.2 Å². The van der Waals surface area contributed by atoms with Gasteiger partial charge in [0.25, 0.3) is 5.91 Å². The maximum atomic E-state index is 12.3. The van der Waals surface area contributed by atoms with Gasteiger partial charge in [-0.3, -0.25) is 4.79 Å². The third-order valence-electron chi connectivity index (χ3n) is 4.84. The molecule has 4 rings (SSSR count). The minimum absolute atomic E-state index is 0.210. The Morgan fingerprint density at radius 1 is 1.08 bits per heavy atom. The third kappa shape index (κ3) is 3.72. The van der Waals surface area contributed by atoms with Crippen molar-refractivity contribution in [1.82, 2.24) is 10.3 Å². The Morgan fingerprint density at radius 2 is 1.88 bits per heavy atom. The number of nitrogens with one attached hydrogen (secondary N) is 1. The summed E-state index contributed by atoms with van der Waals surface area (Å²) in [5.41, 5.74) is 1.70. The maximum absolute atomic E-state index is 12.3. The molecule has 5 nitrogen and oxygen atoms in total. The first-order valence-electron chi connectivity index (χ1n) is 9.26. The molecule has 1 amide bonds. The molecule has 1 aromatic carbocycles. The number of hydrogen-bond donors (Lipinski definition) is 1. The Bertz CT molecular complexity index is 845. The maximum Gasteiger partial charge on any atom is 0.287 e. The first-order chi connectivity index (χ1) is 12.8. The van der Waals surface area contributed by atoms with Crippen LogP contribution in [0.3, 0.4) is 0 Å². The molecule has 0 saturated carbocycles. The van der Waals surface area contributed by atoms with E-state index in [0.717, 1.165) is 35.4 Å². The molecule has 0 radical (unpaired) electrons. The average Bonchev–Trinajstić information content (AvgIpc) is 2.93. The fourth-order valence-electron chi connectivity index (χ4n) is 3.37. The highest BCUT2D eigenvalue weighted by molar-refractivity contribution is 5.96. The number of nitrogens with zero attached hydrogens (tertiary/aromatic N) is 2. The number of aromatic nitrogens is 1. The van der Waals surface area contributed by atoms with E-state index in [1.165, 1.54) is 25.7 Å². The lowest BCUT2D eigenvalue weighted by Gasteiger charge is -2.21. The predicted octanol–water partition coefficient (Wildman–Crippen LogP) is 4.14. The van der Waals surface area contributed by atoms with Gasteiger partial charge in [0.05, 0.1) is 0 Å². The van der Waals surface area contributed by atoms with Crippen LogP contribution in [0.25, 0.3) is 11.0 Å². The SMILES string of the molecule is O=C(NCc1ccc(N2CCCCCC2)nc1)c1cc2ccccc2o1. The first-order valence-corrected chi connectivity index (χ1v) is 9.26. The van der Waals surface area contributed by atoms with Crippen LogP contribution in [0.15, 0.2) is 53.1 Å². The van der Waals surface area contributed by atoms with E-state index >= 15 is 0 Å². The molecule has 0 aliphatic carbocycles. The molecule has 2 aromatic heterocycles. The molecule has 134 valence electrons. The number of carbonyl (C=O) groups is 1. The van der Waals surface area contributed by atoms with Crippen molar-refractivity contribution < 1.29 is 9.21 Å². The van der Waals surface area contributed by atoms with E-state index in [2.05, 4.69) is 15.2 Å². The Balaban J connectivity index is 1.37. The molecule has 1 N–H and O–H groups in total. The van der Waals surface area contributed by atoms with Crippen LogP contribution in [0.2, 0.25) is 0 Å². The fourth-order valence-corrected chi connectivity index (χ4v) is 3.37. The van der Waals surface area contributed by atoms with Gasteiger partial charge >= 0.3 is 0 Å². The zero-order valence-corrected chi connectivity index (χ0v) is 14.8. The molecule has 0 unspecified atom stereocenters. The van der Waals surface area contributed by atoms with Crippen LogP contribution in [0.4, 0.5) is 5.82 Å². The van der Waals surface area contributed by atoms with Gasteiger partial charge in [-0.15, -0.1) is 0 Å². The highest BCUT2D eigenvalue weighted by Crippen LogP contribution is 2.19. The summed E-state index contributed by atoms with van der Waals surface area (Å²) in [5.74, 6) is 1.15. The van der Waals surface area contributed by atoms with Gasteiger partial charge in [-0.25, -0.2) is 4.98 Å². The van der Waals surface area contributed by atoms with Crippen LogP contribution in [-0.2, 0) is 6.54 Å². The van der Waals surface area contributed by atoms with Crippen LogP contribution in [0.1, 0.15) is 41.8 Å². The quantitative estimate of drug-likeness (QED) is 0.769. The monoisotopic (exact) mass is 349 g/mol. The van der Waals surface area contributed by atoms with Crippen LogP contribution in [0.5, 0.6) is 0 Å². The van der Waals surface area contributed by atoms with Gasteiger partial charge in [-0.1, -0.05) is 37.1 Å². The van der Waals surface area contributed by atoms with Gasteiger partial charge in [0, 0.05) is 31.2 Å². The second kappa shape index (κ2) is 7.60. The second-order valence-electron chi connectivity index (χ2n) is 6.76. The molecule has 3 aromatic rings. The van der Waals surface area contributed by atoms with Crippen LogP contribution >= 0.6 is 0 Å². The Morgan fingerprint density at radius 3 is 2.62 bits per heavy atom. The van der Waals surface area contributed by atoms with E-state index in [4.69, 9.17) is 4.42 Å². The molecule has 0 spiro atoms. The predicted molar refractivity (Wildman–Crippen MR) is 102 cm³/mol. The van der Waals surface area contributed by atoms with Gasteiger partial charge < -0.3 is 14.6 Å². The van der Waals surface area contributed by atoms with Crippen LogP contribution in [0, 0.1) is 0 Å². The zero-order chi connectivity index (χ0) is 17.8. The Kier molecular flexibility index (Phi) is 4.86. The van der Waals surface area contributed by atoms with E-state index in [1.54, 1.807) is 6.07 Å². The number of anilines is 1. The van der Waals surface area contributed by atoms with Crippen molar-refractivity contribution in [2.45, 2.75) is 32.2 Å². The minimum atomic E-state index is -0.210. The number of benzene rings is 1. The molecular weight excluding hydrogens is 326 g/mol. The molecule has 1 fully saturated rings. The van der Waals surface area contributed by atoms with Gasteiger partial charge in [0.2, 0.25) is 0 Å². The summed E-state index contributed by atoms with van der Waals surface area (Å²) in [4.78, 5) is 19.2. The summed E-state index contributed by atoms with van der Waals surface area (Å²) in [6, 6.07) is 13.5. The lowest BCUT2D eigenvalue weighted by Crippen LogP contribution is -2.25. The Hall–Kier alpha value is -2.82. The number of para-hydroxylation sites is 1. The number of rotatable bonds is 4. The van der Waals surface area contributed by atoms with E-state index < -0.39 is 0 Å². The van der Waals surface area contributed by atoms with E-state index in [-0.39, 0.29) is 5.91 Å². The third-order valence-corrected chi connectivity index (χ3v) is 4.84. The largest absolute Gasteiger partial charge is 0.451 e. The molecule has 0 atom stereocenters. The molecular formula is C21H23N3O2. The van der Waals surface area contributed by atoms with E-state index in [0.29, 0.717) is 12.3 Å². The number of fused-ring (bicyclic) bond motifs is 1. The molecule has 26 heavy (non-hydrogen) atoms. The summed E-state index contributed by atoms with van der Waals surface area (Å²) < 4.78 is 5.59. The molecule has 1 saturated heterocycles. The Labute approximate surface area is 153 Å². The lowest BCUT2D eigenvalue weighted by atomic mass is 10.2. The smallest absolute Gasteiger partial charge is 0.287 e. The molecule has 1 aliphatic heterocycles.